The predicted octanol–water partition coefficient (Wildman–Crippen LogP) is 4.75. The molecule has 2 nitrogen and oxygen atoms in total. The van der Waals surface area contributed by atoms with Crippen molar-refractivity contribution in [3.63, 3.8) is 0 Å². The lowest BCUT2D eigenvalue weighted by Gasteiger charge is -1.92. The summed E-state index contributed by atoms with van der Waals surface area (Å²) in [4.78, 5) is 10.2. The molecule has 0 aliphatic rings. The summed E-state index contributed by atoms with van der Waals surface area (Å²) in [6.45, 7) is 8.93. The highest BCUT2D eigenvalue weighted by atomic mass is 16.4. The SMILES string of the molecule is C=CC(=C)C.O=C(O)Cc1ccccc1.c1ccccc1. The average molecular weight is 282 g/mol. The van der Waals surface area contributed by atoms with Gasteiger partial charge in [0.1, 0.15) is 0 Å². The van der Waals surface area contributed by atoms with E-state index in [9.17, 15) is 4.79 Å². The van der Waals surface area contributed by atoms with Gasteiger partial charge >= 0.3 is 5.97 Å². The Kier molecular flexibility index (Phi) is 10.9. The molecule has 0 aliphatic carbocycles. The topological polar surface area (TPSA) is 37.3 Å². The molecular formula is C19H22O2. The summed E-state index contributed by atoms with van der Waals surface area (Å²) in [5.41, 5.74) is 1.86. The maximum absolute atomic E-state index is 10.2. The van der Waals surface area contributed by atoms with Gasteiger partial charge in [0.05, 0.1) is 6.42 Å². The fourth-order valence-corrected chi connectivity index (χ4v) is 1.16. The standard InChI is InChI=1S/C8H8O2.C6H6.C5H8/c9-8(10)6-7-4-2-1-3-5-7;1-2-4-6-5-3-1;1-4-5(2)3/h1-5H,6H2,(H,9,10);1-6H;4H,1-2H2,3H3. The first kappa shape index (κ1) is 18.4. The molecular weight excluding hydrogens is 260 g/mol. The van der Waals surface area contributed by atoms with E-state index in [-0.39, 0.29) is 6.42 Å². The molecule has 2 heteroatoms. The van der Waals surface area contributed by atoms with E-state index >= 15 is 0 Å². The number of rotatable bonds is 3. The third kappa shape index (κ3) is 13.6. The predicted molar refractivity (Wildman–Crippen MR) is 89.2 cm³/mol. The van der Waals surface area contributed by atoms with Gasteiger partial charge < -0.3 is 5.11 Å². The van der Waals surface area contributed by atoms with Crippen molar-refractivity contribution in [1.82, 2.24) is 0 Å². The Labute approximate surface area is 127 Å². The zero-order valence-corrected chi connectivity index (χ0v) is 12.4. The monoisotopic (exact) mass is 282 g/mol. The number of aliphatic carboxylic acids is 1. The molecule has 1 N–H and O–H groups in total. The molecule has 2 aromatic rings. The average Bonchev–Trinajstić information content (AvgIpc) is 2.50. The van der Waals surface area contributed by atoms with Crippen LogP contribution in [-0.2, 0) is 11.2 Å². The molecule has 0 spiro atoms. The molecule has 0 saturated heterocycles. The molecule has 0 heterocycles. The van der Waals surface area contributed by atoms with E-state index in [1.54, 1.807) is 18.2 Å². The van der Waals surface area contributed by atoms with Crippen molar-refractivity contribution in [1.29, 1.82) is 0 Å². The van der Waals surface area contributed by atoms with E-state index in [4.69, 9.17) is 5.11 Å². The summed E-state index contributed by atoms with van der Waals surface area (Å²) in [7, 11) is 0. The molecule has 0 bridgehead atoms. The van der Waals surface area contributed by atoms with E-state index in [0.717, 1.165) is 11.1 Å². The number of carboxylic acids is 1. The molecule has 0 aromatic heterocycles. The second-order valence-corrected chi connectivity index (χ2v) is 4.26. The zero-order valence-electron chi connectivity index (χ0n) is 12.4. The summed E-state index contributed by atoms with van der Waals surface area (Å²) >= 11 is 0. The Hall–Kier alpha value is -2.61. The van der Waals surface area contributed by atoms with Crippen LogP contribution in [0, 0.1) is 0 Å². The van der Waals surface area contributed by atoms with Gasteiger partial charge in [-0.25, -0.2) is 0 Å². The normalized spacial score (nSPS) is 8.24. The molecule has 21 heavy (non-hydrogen) atoms. The first-order chi connectivity index (χ1) is 10.1. The van der Waals surface area contributed by atoms with Crippen LogP contribution in [0.25, 0.3) is 0 Å². The molecule has 0 aliphatic heterocycles. The fourth-order valence-electron chi connectivity index (χ4n) is 1.16. The zero-order chi connectivity index (χ0) is 15.9. The highest BCUT2D eigenvalue weighted by Crippen LogP contribution is 1.98. The second-order valence-electron chi connectivity index (χ2n) is 4.26. The Morgan fingerprint density at radius 2 is 1.33 bits per heavy atom. The van der Waals surface area contributed by atoms with Crippen LogP contribution < -0.4 is 0 Å². The summed E-state index contributed by atoms with van der Waals surface area (Å²) in [6.07, 6.45) is 1.83. The molecule has 0 radical (unpaired) electrons. The third-order valence-electron chi connectivity index (χ3n) is 2.21. The van der Waals surface area contributed by atoms with Crippen molar-refractivity contribution in [3.8, 4) is 0 Å². The summed E-state index contributed by atoms with van der Waals surface area (Å²) < 4.78 is 0. The largest absolute Gasteiger partial charge is 0.481 e. The lowest BCUT2D eigenvalue weighted by atomic mass is 10.2. The van der Waals surface area contributed by atoms with Crippen molar-refractivity contribution in [2.45, 2.75) is 13.3 Å². The second kappa shape index (κ2) is 12.4. The first-order valence-electron chi connectivity index (χ1n) is 6.60. The van der Waals surface area contributed by atoms with E-state index in [2.05, 4.69) is 13.2 Å². The van der Waals surface area contributed by atoms with Crippen LogP contribution in [0.1, 0.15) is 12.5 Å². The van der Waals surface area contributed by atoms with E-state index in [1.165, 1.54) is 0 Å². The molecule has 0 saturated carbocycles. The Morgan fingerprint density at radius 1 is 1.00 bits per heavy atom. The minimum absolute atomic E-state index is 0.112. The number of hydrogen-bond donors (Lipinski definition) is 1. The minimum atomic E-state index is -0.786. The molecule has 0 unspecified atom stereocenters. The first-order valence-corrected chi connectivity index (χ1v) is 6.60. The number of allylic oxidation sites excluding steroid dienone is 2. The van der Waals surface area contributed by atoms with Crippen molar-refractivity contribution < 1.29 is 9.90 Å². The van der Waals surface area contributed by atoms with Crippen LogP contribution in [-0.4, -0.2) is 11.1 Å². The lowest BCUT2D eigenvalue weighted by Crippen LogP contribution is -1.98. The van der Waals surface area contributed by atoms with Crippen LogP contribution >= 0.6 is 0 Å². The van der Waals surface area contributed by atoms with Gasteiger partial charge in [-0.3, -0.25) is 4.79 Å². The molecule has 0 atom stereocenters. The summed E-state index contributed by atoms with van der Waals surface area (Å²) in [5, 5.41) is 8.37. The summed E-state index contributed by atoms with van der Waals surface area (Å²) in [5.74, 6) is -0.786. The van der Waals surface area contributed by atoms with Crippen LogP contribution in [0.15, 0.2) is 91.5 Å². The molecule has 2 aromatic carbocycles. The van der Waals surface area contributed by atoms with Crippen LogP contribution in [0.4, 0.5) is 0 Å². The van der Waals surface area contributed by atoms with E-state index in [1.807, 2.05) is 61.5 Å². The van der Waals surface area contributed by atoms with E-state index in [0.29, 0.717) is 0 Å². The van der Waals surface area contributed by atoms with Crippen LogP contribution in [0.5, 0.6) is 0 Å². The van der Waals surface area contributed by atoms with Crippen molar-refractivity contribution >= 4 is 5.97 Å². The van der Waals surface area contributed by atoms with Gasteiger partial charge in [-0.15, -0.1) is 0 Å². The number of carboxylic acid groups (broad SMARTS) is 1. The number of carbonyl (C=O) groups is 1. The Bertz CT molecular complexity index is 489. The highest BCUT2D eigenvalue weighted by molar-refractivity contribution is 5.70. The molecule has 0 amide bonds. The Balaban J connectivity index is 0.000000312. The Morgan fingerprint density at radius 3 is 1.62 bits per heavy atom. The molecule has 110 valence electrons. The summed E-state index contributed by atoms with van der Waals surface area (Å²) in [6, 6.07) is 21.1. The van der Waals surface area contributed by atoms with Gasteiger partial charge in [-0.2, -0.15) is 0 Å². The maximum Gasteiger partial charge on any atom is 0.307 e. The smallest absolute Gasteiger partial charge is 0.307 e. The van der Waals surface area contributed by atoms with Crippen LogP contribution in [0.2, 0.25) is 0 Å². The molecule has 0 fully saturated rings. The van der Waals surface area contributed by atoms with Crippen molar-refractivity contribution in [2.24, 2.45) is 0 Å². The quantitative estimate of drug-likeness (QED) is 0.825. The number of hydrogen-bond acceptors (Lipinski definition) is 1. The van der Waals surface area contributed by atoms with Gasteiger partial charge in [-0.05, 0) is 12.5 Å². The fraction of sp³-hybridized carbons (Fsp3) is 0.105. The maximum atomic E-state index is 10.2. The lowest BCUT2D eigenvalue weighted by molar-refractivity contribution is -0.136. The van der Waals surface area contributed by atoms with Crippen LogP contribution in [0.3, 0.4) is 0 Å². The van der Waals surface area contributed by atoms with E-state index < -0.39 is 5.97 Å². The molecule has 2 rings (SSSR count). The van der Waals surface area contributed by atoms with Crippen molar-refractivity contribution in [3.05, 3.63) is 97.1 Å². The highest BCUT2D eigenvalue weighted by Gasteiger charge is 1.96. The van der Waals surface area contributed by atoms with Gasteiger partial charge in [0.2, 0.25) is 0 Å². The van der Waals surface area contributed by atoms with Gasteiger partial charge in [0.25, 0.3) is 0 Å². The number of benzene rings is 2. The van der Waals surface area contributed by atoms with Gasteiger partial charge in [-0.1, -0.05) is 91.5 Å². The van der Waals surface area contributed by atoms with Crippen molar-refractivity contribution in [2.75, 3.05) is 0 Å². The third-order valence-corrected chi connectivity index (χ3v) is 2.21. The van der Waals surface area contributed by atoms with Gasteiger partial charge in [0.15, 0.2) is 0 Å². The minimum Gasteiger partial charge on any atom is -0.481 e. The van der Waals surface area contributed by atoms with Gasteiger partial charge in [0, 0.05) is 0 Å².